The summed E-state index contributed by atoms with van der Waals surface area (Å²) in [7, 11) is 3.62. The Kier molecular flexibility index (Phi) is 5.33. The van der Waals surface area contributed by atoms with Crippen molar-refractivity contribution in [2.75, 3.05) is 20.2 Å². The van der Waals surface area contributed by atoms with Gasteiger partial charge in [0.05, 0.1) is 20.0 Å². The van der Waals surface area contributed by atoms with Crippen LogP contribution < -0.4 is 4.74 Å². The van der Waals surface area contributed by atoms with E-state index in [2.05, 4.69) is 15.2 Å². The van der Waals surface area contributed by atoms with Crippen LogP contribution in [0.25, 0.3) is 0 Å². The first-order valence-electron chi connectivity index (χ1n) is 9.84. The third-order valence-electron chi connectivity index (χ3n) is 5.61. The molecule has 152 valence electrons. The molecular formula is C21H26N6O2. The number of amides is 1. The van der Waals surface area contributed by atoms with Crippen LogP contribution in [-0.4, -0.2) is 55.3 Å². The lowest BCUT2D eigenvalue weighted by atomic mass is 9.96. The number of aryl methyl sites for hydroxylation is 1. The number of hydrogen-bond acceptors (Lipinski definition) is 5. The van der Waals surface area contributed by atoms with Crippen molar-refractivity contribution in [1.82, 2.24) is 29.2 Å². The van der Waals surface area contributed by atoms with E-state index in [1.54, 1.807) is 19.6 Å². The summed E-state index contributed by atoms with van der Waals surface area (Å²) in [6.07, 6.45) is 7.37. The van der Waals surface area contributed by atoms with Crippen molar-refractivity contribution in [2.24, 2.45) is 7.05 Å². The Morgan fingerprint density at radius 3 is 2.93 bits per heavy atom. The lowest BCUT2D eigenvalue weighted by molar-refractivity contribution is 0.0703. The zero-order valence-corrected chi connectivity index (χ0v) is 17.1. The Balaban J connectivity index is 1.50. The van der Waals surface area contributed by atoms with Gasteiger partial charge < -0.3 is 18.8 Å². The van der Waals surface area contributed by atoms with Crippen molar-refractivity contribution >= 4 is 5.91 Å². The van der Waals surface area contributed by atoms with Gasteiger partial charge in [-0.15, -0.1) is 10.2 Å². The number of benzene rings is 1. The van der Waals surface area contributed by atoms with Gasteiger partial charge in [-0.05, 0) is 37.5 Å². The van der Waals surface area contributed by atoms with Crippen LogP contribution >= 0.6 is 0 Å². The monoisotopic (exact) mass is 394 g/mol. The first kappa shape index (κ1) is 19.2. The number of likely N-dealkylation sites (tertiary alicyclic amines) is 1. The van der Waals surface area contributed by atoms with E-state index in [4.69, 9.17) is 4.74 Å². The Labute approximate surface area is 170 Å². The summed E-state index contributed by atoms with van der Waals surface area (Å²) in [5, 5.41) is 8.82. The van der Waals surface area contributed by atoms with Crippen LogP contribution in [0.2, 0.25) is 0 Å². The molecule has 8 heteroatoms. The topological polar surface area (TPSA) is 78.1 Å². The van der Waals surface area contributed by atoms with Crippen LogP contribution in [0.15, 0.2) is 36.9 Å². The predicted molar refractivity (Wildman–Crippen MR) is 108 cm³/mol. The van der Waals surface area contributed by atoms with Gasteiger partial charge in [-0.2, -0.15) is 0 Å². The van der Waals surface area contributed by atoms with E-state index in [0.29, 0.717) is 18.7 Å². The van der Waals surface area contributed by atoms with Crippen molar-refractivity contribution in [3.8, 4) is 5.75 Å². The SMILES string of the molecule is COc1cc(C(=O)N2CCCC(c3nnc(Cn4ccnc4)n3C)C2)ccc1C. The summed E-state index contributed by atoms with van der Waals surface area (Å²) in [6, 6.07) is 5.63. The molecule has 1 aromatic carbocycles. The molecule has 0 spiro atoms. The average molecular weight is 394 g/mol. The number of carbonyl (C=O) groups is 1. The van der Waals surface area contributed by atoms with Gasteiger partial charge in [0.25, 0.3) is 5.91 Å². The summed E-state index contributed by atoms with van der Waals surface area (Å²) >= 11 is 0. The molecule has 1 fully saturated rings. The predicted octanol–water partition coefficient (Wildman–Crippen LogP) is 2.40. The highest BCUT2D eigenvalue weighted by molar-refractivity contribution is 5.94. The highest BCUT2D eigenvalue weighted by atomic mass is 16.5. The van der Waals surface area contributed by atoms with Crippen LogP contribution in [0, 0.1) is 6.92 Å². The fourth-order valence-electron chi connectivity index (χ4n) is 3.92. The van der Waals surface area contributed by atoms with E-state index in [0.717, 1.165) is 42.3 Å². The summed E-state index contributed by atoms with van der Waals surface area (Å²) in [4.78, 5) is 19.1. The molecule has 0 saturated carbocycles. The van der Waals surface area contributed by atoms with Crippen molar-refractivity contribution in [2.45, 2.75) is 32.2 Å². The second-order valence-electron chi connectivity index (χ2n) is 7.54. The summed E-state index contributed by atoms with van der Waals surface area (Å²) in [5.41, 5.74) is 1.68. The van der Waals surface area contributed by atoms with Crippen LogP contribution in [0.5, 0.6) is 5.75 Å². The Morgan fingerprint density at radius 2 is 2.17 bits per heavy atom. The van der Waals surface area contributed by atoms with Gasteiger partial charge in [0.15, 0.2) is 5.82 Å². The second kappa shape index (κ2) is 8.06. The molecule has 3 heterocycles. The Bertz CT molecular complexity index is 995. The Morgan fingerprint density at radius 1 is 1.31 bits per heavy atom. The number of ether oxygens (including phenoxy) is 1. The van der Waals surface area contributed by atoms with Gasteiger partial charge in [0.1, 0.15) is 11.6 Å². The zero-order valence-electron chi connectivity index (χ0n) is 17.1. The molecule has 0 N–H and O–H groups in total. The van der Waals surface area contributed by atoms with Gasteiger partial charge >= 0.3 is 0 Å². The fraction of sp³-hybridized carbons (Fsp3) is 0.429. The van der Waals surface area contributed by atoms with E-state index < -0.39 is 0 Å². The molecule has 0 radical (unpaired) electrons. The molecule has 1 aliphatic heterocycles. The lowest BCUT2D eigenvalue weighted by Gasteiger charge is -2.32. The molecule has 8 nitrogen and oxygen atoms in total. The van der Waals surface area contributed by atoms with Crippen LogP contribution in [-0.2, 0) is 13.6 Å². The van der Waals surface area contributed by atoms with E-state index in [-0.39, 0.29) is 11.8 Å². The maximum atomic E-state index is 13.1. The minimum Gasteiger partial charge on any atom is -0.496 e. The van der Waals surface area contributed by atoms with E-state index in [1.807, 2.05) is 52.4 Å². The summed E-state index contributed by atoms with van der Waals surface area (Å²) < 4.78 is 9.39. The fourth-order valence-corrected chi connectivity index (χ4v) is 3.92. The number of aromatic nitrogens is 5. The van der Waals surface area contributed by atoms with E-state index in [1.165, 1.54) is 0 Å². The minimum atomic E-state index is 0.0359. The highest BCUT2D eigenvalue weighted by Gasteiger charge is 2.29. The third kappa shape index (κ3) is 3.87. The van der Waals surface area contributed by atoms with Crippen LogP contribution in [0.3, 0.4) is 0 Å². The second-order valence-corrected chi connectivity index (χ2v) is 7.54. The summed E-state index contributed by atoms with van der Waals surface area (Å²) in [6.45, 7) is 4.00. The number of nitrogens with zero attached hydrogens (tertiary/aromatic N) is 6. The average Bonchev–Trinajstić information content (AvgIpc) is 3.38. The van der Waals surface area contributed by atoms with Crippen molar-refractivity contribution in [3.63, 3.8) is 0 Å². The van der Waals surface area contributed by atoms with Gasteiger partial charge in [0.2, 0.25) is 0 Å². The van der Waals surface area contributed by atoms with Crippen LogP contribution in [0.1, 0.15) is 46.3 Å². The van der Waals surface area contributed by atoms with Gasteiger partial charge in [-0.3, -0.25) is 4.79 Å². The van der Waals surface area contributed by atoms with Gasteiger partial charge in [-0.25, -0.2) is 4.98 Å². The lowest BCUT2D eigenvalue weighted by Crippen LogP contribution is -2.39. The zero-order chi connectivity index (χ0) is 20.4. The maximum Gasteiger partial charge on any atom is 0.254 e. The van der Waals surface area contributed by atoms with Crippen LogP contribution in [0.4, 0.5) is 0 Å². The molecule has 29 heavy (non-hydrogen) atoms. The molecule has 0 aliphatic carbocycles. The van der Waals surface area contributed by atoms with Crippen molar-refractivity contribution < 1.29 is 9.53 Å². The quantitative estimate of drug-likeness (QED) is 0.664. The molecule has 2 aromatic heterocycles. The molecule has 1 atom stereocenters. The molecule has 0 bridgehead atoms. The van der Waals surface area contributed by atoms with Gasteiger partial charge in [0, 0.05) is 44.0 Å². The molecular weight excluding hydrogens is 368 g/mol. The molecule has 1 unspecified atom stereocenters. The molecule has 1 aliphatic rings. The molecule has 4 rings (SSSR count). The number of carbonyl (C=O) groups excluding carboxylic acids is 1. The third-order valence-corrected chi connectivity index (χ3v) is 5.61. The van der Waals surface area contributed by atoms with Crippen molar-refractivity contribution in [3.05, 3.63) is 59.7 Å². The summed E-state index contributed by atoms with van der Waals surface area (Å²) in [5.74, 6) is 2.76. The number of methoxy groups -OCH3 is 1. The van der Waals surface area contributed by atoms with E-state index in [9.17, 15) is 4.79 Å². The highest BCUT2D eigenvalue weighted by Crippen LogP contribution is 2.28. The molecule has 1 amide bonds. The van der Waals surface area contributed by atoms with Crippen molar-refractivity contribution in [1.29, 1.82) is 0 Å². The van der Waals surface area contributed by atoms with E-state index >= 15 is 0 Å². The number of hydrogen-bond donors (Lipinski definition) is 0. The molecule has 1 saturated heterocycles. The largest absolute Gasteiger partial charge is 0.496 e. The maximum absolute atomic E-state index is 13.1. The Hall–Kier alpha value is -3.16. The van der Waals surface area contributed by atoms with Gasteiger partial charge in [-0.1, -0.05) is 6.07 Å². The first-order chi connectivity index (χ1) is 14.1. The number of rotatable bonds is 5. The first-order valence-corrected chi connectivity index (χ1v) is 9.84. The molecule has 3 aromatic rings. The normalized spacial score (nSPS) is 16.8. The smallest absolute Gasteiger partial charge is 0.254 e. The minimum absolute atomic E-state index is 0.0359. The standard InChI is InChI=1S/C21H26N6O2/c1-15-6-7-16(11-18(15)29-3)21(28)27-9-4-5-17(12-27)20-24-23-19(25(20)2)13-26-10-8-22-14-26/h6-8,10-11,14,17H,4-5,9,12-13H2,1-3H3. The number of imidazole rings is 1. The number of piperidine rings is 1.